The van der Waals surface area contributed by atoms with Crippen LogP contribution in [0.1, 0.15) is 30.9 Å². The molecule has 4 nitrogen and oxygen atoms in total. The molecule has 0 N–H and O–H groups in total. The normalized spacial score (nSPS) is 22.1. The second-order valence-electron chi connectivity index (χ2n) is 10.0. The van der Waals surface area contributed by atoms with Gasteiger partial charge in [0.1, 0.15) is 23.0 Å². The standard InChI is InChI=1S/C32H30N2O2/c1-3-8-24(9-4-1)35-26-15-13-23(14-16-26)33-21-19-28-30-12-7-20-34(30)31-18-17-27(22-29(31)32(28)33)36-25-10-5-2-6-11-25/h1-6,8-11,13-18,22,28,30,32H,7,12,19-21H2/t28-,30?,32-/m0/s1. The number of benzene rings is 4. The van der Waals surface area contributed by atoms with Gasteiger partial charge in [-0.2, -0.15) is 0 Å². The molecule has 3 aliphatic heterocycles. The number of para-hydroxylation sites is 2. The minimum absolute atomic E-state index is 0.361. The summed E-state index contributed by atoms with van der Waals surface area (Å²) in [7, 11) is 0. The summed E-state index contributed by atoms with van der Waals surface area (Å²) in [6, 6.07) is 36.4. The maximum Gasteiger partial charge on any atom is 0.127 e. The van der Waals surface area contributed by atoms with Crippen molar-refractivity contribution in [3.05, 3.63) is 109 Å². The van der Waals surface area contributed by atoms with E-state index in [1.54, 1.807) is 0 Å². The summed E-state index contributed by atoms with van der Waals surface area (Å²) in [6.45, 7) is 2.23. The van der Waals surface area contributed by atoms with Crippen LogP contribution >= 0.6 is 0 Å². The highest BCUT2D eigenvalue weighted by Gasteiger charge is 2.48. The molecule has 4 aromatic carbocycles. The Labute approximate surface area is 212 Å². The van der Waals surface area contributed by atoms with Gasteiger partial charge in [0.2, 0.25) is 0 Å². The molecule has 2 fully saturated rings. The van der Waals surface area contributed by atoms with Gasteiger partial charge in [-0.15, -0.1) is 0 Å². The maximum absolute atomic E-state index is 6.26. The van der Waals surface area contributed by atoms with Crippen molar-refractivity contribution in [2.45, 2.75) is 31.3 Å². The van der Waals surface area contributed by atoms with E-state index in [1.807, 2.05) is 60.7 Å². The van der Waals surface area contributed by atoms with Crippen molar-refractivity contribution >= 4 is 11.4 Å². The van der Waals surface area contributed by atoms with Gasteiger partial charge in [-0.3, -0.25) is 0 Å². The average molecular weight is 475 g/mol. The lowest BCUT2D eigenvalue weighted by Gasteiger charge is -2.44. The molecule has 180 valence electrons. The lowest BCUT2D eigenvalue weighted by atomic mass is 9.81. The van der Waals surface area contributed by atoms with Gasteiger partial charge in [0.15, 0.2) is 0 Å². The molecule has 3 aliphatic rings. The zero-order valence-electron chi connectivity index (χ0n) is 20.3. The van der Waals surface area contributed by atoms with Gasteiger partial charge in [-0.05, 0) is 86.0 Å². The lowest BCUT2D eigenvalue weighted by Crippen LogP contribution is -2.44. The lowest BCUT2D eigenvalue weighted by molar-refractivity contribution is 0.372. The first-order chi connectivity index (χ1) is 17.8. The fourth-order valence-electron chi connectivity index (χ4n) is 6.49. The summed E-state index contributed by atoms with van der Waals surface area (Å²) in [5, 5.41) is 0. The Bertz CT molecular complexity index is 1340. The van der Waals surface area contributed by atoms with Crippen molar-refractivity contribution in [2.24, 2.45) is 5.92 Å². The second-order valence-corrected chi connectivity index (χ2v) is 10.0. The van der Waals surface area contributed by atoms with Crippen LogP contribution in [0.25, 0.3) is 0 Å². The minimum Gasteiger partial charge on any atom is -0.457 e. The zero-order valence-corrected chi connectivity index (χ0v) is 20.3. The molecule has 36 heavy (non-hydrogen) atoms. The molecule has 4 aromatic rings. The van der Waals surface area contributed by atoms with Gasteiger partial charge in [-0.25, -0.2) is 0 Å². The molecule has 0 radical (unpaired) electrons. The molecule has 0 aromatic heterocycles. The highest BCUT2D eigenvalue weighted by atomic mass is 16.5. The quantitative estimate of drug-likeness (QED) is 0.294. The van der Waals surface area contributed by atoms with Crippen LogP contribution in [0, 0.1) is 5.92 Å². The first-order valence-corrected chi connectivity index (χ1v) is 13.1. The van der Waals surface area contributed by atoms with Crippen LogP contribution in [0.5, 0.6) is 23.0 Å². The number of anilines is 2. The summed E-state index contributed by atoms with van der Waals surface area (Å²) in [5.74, 6) is 4.15. The van der Waals surface area contributed by atoms with Crippen LogP contribution < -0.4 is 19.3 Å². The van der Waals surface area contributed by atoms with E-state index in [0.29, 0.717) is 18.0 Å². The zero-order chi connectivity index (χ0) is 23.9. The largest absolute Gasteiger partial charge is 0.457 e. The van der Waals surface area contributed by atoms with E-state index < -0.39 is 0 Å². The van der Waals surface area contributed by atoms with Crippen LogP contribution in [-0.2, 0) is 0 Å². The number of hydrogen-bond acceptors (Lipinski definition) is 4. The molecule has 0 aliphatic carbocycles. The highest BCUT2D eigenvalue weighted by molar-refractivity contribution is 5.66. The van der Waals surface area contributed by atoms with E-state index in [0.717, 1.165) is 36.1 Å². The van der Waals surface area contributed by atoms with Crippen molar-refractivity contribution in [3.63, 3.8) is 0 Å². The minimum atomic E-state index is 0.361. The first-order valence-electron chi connectivity index (χ1n) is 13.1. The van der Waals surface area contributed by atoms with E-state index in [4.69, 9.17) is 9.47 Å². The van der Waals surface area contributed by atoms with E-state index in [2.05, 4.69) is 52.3 Å². The smallest absolute Gasteiger partial charge is 0.127 e. The molecule has 0 amide bonds. The molecule has 0 spiro atoms. The van der Waals surface area contributed by atoms with Gasteiger partial charge in [0.05, 0.1) is 6.04 Å². The van der Waals surface area contributed by atoms with Crippen molar-refractivity contribution in [1.82, 2.24) is 0 Å². The third-order valence-corrected chi connectivity index (χ3v) is 7.99. The van der Waals surface area contributed by atoms with Crippen molar-refractivity contribution < 1.29 is 9.47 Å². The van der Waals surface area contributed by atoms with Crippen LogP contribution in [0.15, 0.2) is 103 Å². The van der Waals surface area contributed by atoms with E-state index in [1.165, 1.54) is 36.2 Å². The monoisotopic (exact) mass is 474 g/mol. The third-order valence-electron chi connectivity index (χ3n) is 7.99. The van der Waals surface area contributed by atoms with E-state index in [9.17, 15) is 0 Å². The van der Waals surface area contributed by atoms with Crippen molar-refractivity contribution in [1.29, 1.82) is 0 Å². The van der Waals surface area contributed by atoms with E-state index >= 15 is 0 Å². The summed E-state index contributed by atoms with van der Waals surface area (Å²) < 4.78 is 12.3. The highest BCUT2D eigenvalue weighted by Crippen LogP contribution is 2.53. The molecule has 0 bridgehead atoms. The topological polar surface area (TPSA) is 24.9 Å². The number of nitrogens with zero attached hydrogens (tertiary/aromatic N) is 2. The van der Waals surface area contributed by atoms with Gasteiger partial charge < -0.3 is 19.3 Å². The summed E-state index contributed by atoms with van der Waals surface area (Å²) in [6.07, 6.45) is 3.79. The molecular weight excluding hydrogens is 444 g/mol. The van der Waals surface area contributed by atoms with Gasteiger partial charge in [0, 0.05) is 42.0 Å². The summed E-state index contributed by atoms with van der Waals surface area (Å²) >= 11 is 0. The number of hydrogen-bond donors (Lipinski definition) is 0. The van der Waals surface area contributed by atoms with Crippen LogP contribution in [-0.4, -0.2) is 19.1 Å². The second kappa shape index (κ2) is 8.94. The molecular formula is C32H30N2O2. The fourth-order valence-corrected chi connectivity index (χ4v) is 6.49. The third kappa shape index (κ3) is 3.78. The average Bonchev–Trinajstić information content (AvgIpc) is 3.59. The predicted molar refractivity (Wildman–Crippen MR) is 144 cm³/mol. The molecule has 3 heterocycles. The van der Waals surface area contributed by atoms with Gasteiger partial charge in [0.25, 0.3) is 0 Å². The Hall–Kier alpha value is -3.92. The van der Waals surface area contributed by atoms with E-state index in [-0.39, 0.29) is 0 Å². The Morgan fingerprint density at radius 3 is 1.94 bits per heavy atom. The van der Waals surface area contributed by atoms with Crippen molar-refractivity contribution in [3.8, 4) is 23.0 Å². The number of rotatable bonds is 5. The number of fused-ring (bicyclic) bond motifs is 6. The molecule has 7 rings (SSSR count). The first kappa shape index (κ1) is 21.4. The van der Waals surface area contributed by atoms with Crippen LogP contribution in [0.3, 0.4) is 0 Å². The Balaban J connectivity index is 1.21. The summed E-state index contributed by atoms with van der Waals surface area (Å²) in [5.41, 5.74) is 4.04. The maximum atomic E-state index is 6.26. The molecule has 1 unspecified atom stereocenters. The predicted octanol–water partition coefficient (Wildman–Crippen LogP) is 7.82. The Morgan fingerprint density at radius 1 is 0.583 bits per heavy atom. The van der Waals surface area contributed by atoms with Crippen LogP contribution in [0.2, 0.25) is 0 Å². The fraction of sp³-hybridized carbons (Fsp3) is 0.250. The SMILES string of the molecule is c1ccc(Oc2ccc(N3CC[C@H]4C5CCCN5c5ccc(Oc6ccccc6)cc5[C@H]43)cc2)cc1. The van der Waals surface area contributed by atoms with Gasteiger partial charge in [-0.1, -0.05) is 36.4 Å². The molecule has 2 saturated heterocycles. The molecule has 3 atom stereocenters. The Morgan fingerprint density at radius 2 is 1.22 bits per heavy atom. The van der Waals surface area contributed by atoms with Gasteiger partial charge >= 0.3 is 0 Å². The Kier molecular flexibility index (Phi) is 5.31. The van der Waals surface area contributed by atoms with Crippen molar-refractivity contribution in [2.75, 3.05) is 22.9 Å². The van der Waals surface area contributed by atoms with Crippen LogP contribution in [0.4, 0.5) is 11.4 Å². The molecule has 0 saturated carbocycles. The number of ether oxygens (including phenoxy) is 2. The molecule has 4 heteroatoms. The summed E-state index contributed by atoms with van der Waals surface area (Å²) in [4.78, 5) is 5.28.